The third kappa shape index (κ3) is 2.80. The van der Waals surface area contributed by atoms with Crippen LogP contribution in [0.25, 0.3) is 11.0 Å². The summed E-state index contributed by atoms with van der Waals surface area (Å²) in [5.74, 6) is 0. The number of nitrogens with one attached hydrogen (secondary N) is 2. The van der Waals surface area contributed by atoms with Crippen LogP contribution >= 0.6 is 0 Å². The van der Waals surface area contributed by atoms with Gasteiger partial charge in [-0.25, -0.2) is 4.98 Å². The fourth-order valence-corrected chi connectivity index (χ4v) is 2.98. The summed E-state index contributed by atoms with van der Waals surface area (Å²) in [5.41, 5.74) is 1.64. The molecule has 4 nitrogen and oxygen atoms in total. The third-order valence-electron chi connectivity index (χ3n) is 4.09. The summed E-state index contributed by atoms with van der Waals surface area (Å²) in [5, 5.41) is 15.0. The Morgan fingerprint density at radius 2 is 2.16 bits per heavy atom. The fourth-order valence-electron chi connectivity index (χ4n) is 2.98. The number of pyridine rings is 1. The monoisotopic (exact) mass is 259 g/mol. The average molecular weight is 259 g/mol. The van der Waals surface area contributed by atoms with E-state index in [0.717, 1.165) is 43.3 Å². The lowest BCUT2D eigenvalue weighted by atomic mass is 9.85. The Bertz CT molecular complexity index is 543. The summed E-state index contributed by atoms with van der Waals surface area (Å²) < 4.78 is 0. The number of H-pyrrole nitrogens is 1. The maximum Gasteiger partial charge on any atom is 0.137 e. The molecule has 2 heterocycles. The Morgan fingerprint density at radius 3 is 3.00 bits per heavy atom. The number of rotatable bonds is 4. The Kier molecular flexibility index (Phi) is 3.53. The highest BCUT2D eigenvalue weighted by molar-refractivity contribution is 5.79. The van der Waals surface area contributed by atoms with Crippen molar-refractivity contribution in [1.29, 1.82) is 0 Å². The highest BCUT2D eigenvalue weighted by atomic mass is 16.3. The lowest BCUT2D eigenvalue weighted by Crippen LogP contribution is -2.41. The summed E-state index contributed by atoms with van der Waals surface area (Å²) in [6.07, 6.45) is 9.20. The van der Waals surface area contributed by atoms with Gasteiger partial charge in [-0.1, -0.05) is 19.3 Å². The van der Waals surface area contributed by atoms with E-state index in [1.165, 1.54) is 12.0 Å². The SMILES string of the molecule is OC1(CNCc2c[nH]c3ncccc23)CCCCC1. The van der Waals surface area contributed by atoms with Gasteiger partial charge in [-0.2, -0.15) is 0 Å². The molecule has 3 N–H and O–H groups in total. The highest BCUT2D eigenvalue weighted by Crippen LogP contribution is 2.27. The van der Waals surface area contributed by atoms with Crippen LogP contribution in [0.1, 0.15) is 37.7 Å². The lowest BCUT2D eigenvalue weighted by Gasteiger charge is -2.32. The fraction of sp³-hybridized carbons (Fsp3) is 0.533. The summed E-state index contributed by atoms with van der Waals surface area (Å²) >= 11 is 0. The second-order valence-corrected chi connectivity index (χ2v) is 5.60. The molecule has 102 valence electrons. The molecule has 1 fully saturated rings. The molecule has 19 heavy (non-hydrogen) atoms. The molecular weight excluding hydrogens is 238 g/mol. The van der Waals surface area contributed by atoms with E-state index in [2.05, 4.69) is 21.4 Å². The Balaban J connectivity index is 1.60. The molecule has 0 unspecified atom stereocenters. The number of hydrogen-bond donors (Lipinski definition) is 3. The van der Waals surface area contributed by atoms with Crippen LogP contribution in [0.2, 0.25) is 0 Å². The molecule has 0 aromatic carbocycles. The molecule has 0 spiro atoms. The van der Waals surface area contributed by atoms with Crippen molar-refractivity contribution in [3.63, 3.8) is 0 Å². The molecule has 0 radical (unpaired) electrons. The molecule has 0 bridgehead atoms. The van der Waals surface area contributed by atoms with Crippen molar-refractivity contribution >= 4 is 11.0 Å². The quantitative estimate of drug-likeness (QED) is 0.790. The smallest absolute Gasteiger partial charge is 0.137 e. The molecule has 1 aliphatic rings. The first-order valence-electron chi connectivity index (χ1n) is 7.11. The van der Waals surface area contributed by atoms with Gasteiger partial charge in [-0.05, 0) is 30.5 Å². The van der Waals surface area contributed by atoms with Gasteiger partial charge < -0.3 is 15.4 Å². The third-order valence-corrected chi connectivity index (χ3v) is 4.09. The topological polar surface area (TPSA) is 60.9 Å². The van der Waals surface area contributed by atoms with E-state index in [0.29, 0.717) is 6.54 Å². The van der Waals surface area contributed by atoms with Crippen LogP contribution in [0.4, 0.5) is 0 Å². The zero-order valence-electron chi connectivity index (χ0n) is 11.2. The van der Waals surface area contributed by atoms with Crippen molar-refractivity contribution in [3.8, 4) is 0 Å². The molecule has 1 aliphatic carbocycles. The Morgan fingerprint density at radius 1 is 1.32 bits per heavy atom. The van der Waals surface area contributed by atoms with Gasteiger partial charge in [0.1, 0.15) is 5.65 Å². The zero-order chi connectivity index (χ0) is 13.1. The van der Waals surface area contributed by atoms with Crippen molar-refractivity contribution in [2.45, 2.75) is 44.2 Å². The van der Waals surface area contributed by atoms with Crippen molar-refractivity contribution in [1.82, 2.24) is 15.3 Å². The molecule has 1 saturated carbocycles. The van der Waals surface area contributed by atoms with E-state index in [9.17, 15) is 5.11 Å². The minimum absolute atomic E-state index is 0.497. The van der Waals surface area contributed by atoms with Crippen LogP contribution in [0.5, 0.6) is 0 Å². The predicted octanol–water partition coefficient (Wildman–Crippen LogP) is 2.35. The van der Waals surface area contributed by atoms with E-state index in [1.807, 2.05) is 12.3 Å². The molecule has 2 aromatic rings. The van der Waals surface area contributed by atoms with Gasteiger partial charge in [0.15, 0.2) is 0 Å². The molecule has 0 saturated heterocycles. The molecular formula is C15H21N3O. The number of fused-ring (bicyclic) bond motifs is 1. The van der Waals surface area contributed by atoms with Crippen molar-refractivity contribution in [2.75, 3.05) is 6.54 Å². The lowest BCUT2D eigenvalue weighted by molar-refractivity contribution is 0.00469. The summed E-state index contributed by atoms with van der Waals surface area (Å²) in [4.78, 5) is 7.45. The molecule has 4 heteroatoms. The Hall–Kier alpha value is -1.39. The number of aromatic nitrogens is 2. The minimum Gasteiger partial charge on any atom is -0.389 e. The van der Waals surface area contributed by atoms with Crippen LogP contribution in [-0.4, -0.2) is 27.2 Å². The molecule has 0 atom stereocenters. The van der Waals surface area contributed by atoms with Crippen LogP contribution in [0, 0.1) is 0 Å². The maximum atomic E-state index is 10.4. The molecule has 2 aromatic heterocycles. The maximum absolute atomic E-state index is 10.4. The highest BCUT2D eigenvalue weighted by Gasteiger charge is 2.28. The van der Waals surface area contributed by atoms with Crippen LogP contribution in [0.3, 0.4) is 0 Å². The van der Waals surface area contributed by atoms with Crippen molar-refractivity contribution in [3.05, 3.63) is 30.1 Å². The van der Waals surface area contributed by atoms with E-state index in [1.54, 1.807) is 6.20 Å². The first-order chi connectivity index (χ1) is 9.27. The molecule has 3 rings (SSSR count). The minimum atomic E-state index is -0.497. The normalized spacial score (nSPS) is 18.8. The van der Waals surface area contributed by atoms with Crippen molar-refractivity contribution < 1.29 is 5.11 Å². The van der Waals surface area contributed by atoms with E-state index in [4.69, 9.17) is 0 Å². The van der Waals surface area contributed by atoms with E-state index in [-0.39, 0.29) is 0 Å². The zero-order valence-corrected chi connectivity index (χ0v) is 11.2. The largest absolute Gasteiger partial charge is 0.389 e. The molecule has 0 amide bonds. The number of nitrogens with zero attached hydrogens (tertiary/aromatic N) is 1. The first-order valence-corrected chi connectivity index (χ1v) is 7.11. The van der Waals surface area contributed by atoms with Gasteiger partial charge in [-0.3, -0.25) is 0 Å². The summed E-state index contributed by atoms with van der Waals surface area (Å²) in [6.45, 7) is 1.45. The summed E-state index contributed by atoms with van der Waals surface area (Å²) in [6, 6.07) is 4.03. The number of aliphatic hydroxyl groups is 1. The standard InChI is InChI=1S/C15H21N3O/c19-15(6-2-1-3-7-15)11-16-9-12-10-18-14-13(12)5-4-8-17-14/h4-5,8,10,16,19H,1-3,6-7,9,11H2,(H,17,18). The van der Waals surface area contributed by atoms with Gasteiger partial charge in [0.25, 0.3) is 0 Å². The van der Waals surface area contributed by atoms with Gasteiger partial charge in [-0.15, -0.1) is 0 Å². The van der Waals surface area contributed by atoms with Crippen molar-refractivity contribution in [2.24, 2.45) is 0 Å². The van der Waals surface area contributed by atoms with E-state index < -0.39 is 5.60 Å². The average Bonchev–Trinajstić information content (AvgIpc) is 2.83. The Labute approximate surface area is 113 Å². The van der Waals surface area contributed by atoms with Gasteiger partial charge in [0, 0.05) is 30.9 Å². The van der Waals surface area contributed by atoms with Crippen LogP contribution in [0.15, 0.2) is 24.5 Å². The first kappa shape index (κ1) is 12.6. The van der Waals surface area contributed by atoms with Crippen LogP contribution in [-0.2, 0) is 6.54 Å². The number of aromatic amines is 1. The van der Waals surface area contributed by atoms with Crippen LogP contribution < -0.4 is 5.32 Å². The van der Waals surface area contributed by atoms with Gasteiger partial charge >= 0.3 is 0 Å². The molecule has 0 aliphatic heterocycles. The number of hydrogen-bond acceptors (Lipinski definition) is 3. The predicted molar refractivity (Wildman–Crippen MR) is 75.8 cm³/mol. The van der Waals surface area contributed by atoms with Gasteiger partial charge in [0.05, 0.1) is 5.60 Å². The second-order valence-electron chi connectivity index (χ2n) is 5.60. The van der Waals surface area contributed by atoms with Gasteiger partial charge in [0.2, 0.25) is 0 Å². The second kappa shape index (κ2) is 5.31. The summed E-state index contributed by atoms with van der Waals surface area (Å²) in [7, 11) is 0. The van der Waals surface area contributed by atoms with E-state index >= 15 is 0 Å².